The molecule has 0 atom stereocenters. The molecule has 2 amide bonds. The van der Waals surface area contributed by atoms with E-state index in [-0.39, 0.29) is 13.0 Å². The monoisotopic (exact) mass is 271 g/mol. The lowest BCUT2D eigenvalue weighted by atomic mass is 10.2. The zero-order chi connectivity index (χ0) is 14.6. The van der Waals surface area contributed by atoms with Gasteiger partial charge in [0.1, 0.15) is 0 Å². The van der Waals surface area contributed by atoms with Gasteiger partial charge in [0, 0.05) is 18.2 Å². The molecule has 106 valence electrons. The van der Waals surface area contributed by atoms with Crippen LogP contribution >= 0.6 is 0 Å². The first-order valence-electron chi connectivity index (χ1n) is 5.80. The van der Waals surface area contributed by atoms with E-state index in [2.05, 4.69) is 9.93 Å². The maximum Gasteiger partial charge on any atom is 0.347 e. The Morgan fingerprint density at radius 2 is 1.95 bits per heavy atom. The molecule has 0 aromatic carbocycles. The Labute approximate surface area is 111 Å². The number of carbonyl (C=O) groups excluding carboxylic acids is 3. The molecule has 0 N–H and O–H groups in total. The van der Waals surface area contributed by atoms with E-state index >= 15 is 0 Å². The van der Waals surface area contributed by atoms with Crippen LogP contribution in [0.2, 0.25) is 0 Å². The molecule has 0 aromatic heterocycles. The summed E-state index contributed by atoms with van der Waals surface area (Å²) in [5.74, 6) is -1.55. The van der Waals surface area contributed by atoms with Gasteiger partial charge in [0.2, 0.25) is 0 Å². The Bertz CT molecular complexity index is 420. The fourth-order valence-electron chi connectivity index (χ4n) is 1.25. The van der Waals surface area contributed by atoms with Crippen LogP contribution in [-0.2, 0) is 29.2 Å². The van der Waals surface area contributed by atoms with Crippen molar-refractivity contribution in [3.63, 3.8) is 0 Å². The second kappa shape index (κ2) is 5.94. The molecule has 0 saturated heterocycles. The summed E-state index contributed by atoms with van der Waals surface area (Å²) in [4.78, 5) is 44.2. The summed E-state index contributed by atoms with van der Waals surface area (Å²) < 4.78 is 0. The highest BCUT2D eigenvalue weighted by Gasteiger charge is 2.28. The zero-order valence-corrected chi connectivity index (χ0v) is 11.4. The van der Waals surface area contributed by atoms with Crippen LogP contribution in [0.1, 0.15) is 34.1 Å². The summed E-state index contributed by atoms with van der Waals surface area (Å²) in [5.41, 5.74) is -0.256. The molecule has 1 heterocycles. The maximum atomic E-state index is 11.5. The van der Waals surface area contributed by atoms with Gasteiger partial charge in [-0.05, 0) is 32.7 Å². The zero-order valence-electron chi connectivity index (χ0n) is 11.4. The average molecular weight is 271 g/mol. The average Bonchev–Trinajstić information content (AvgIpc) is 2.49. The Kier molecular flexibility index (Phi) is 4.79. The number of hydrogen-bond acceptors (Lipinski definition) is 6. The van der Waals surface area contributed by atoms with E-state index in [9.17, 15) is 14.4 Å². The van der Waals surface area contributed by atoms with E-state index in [1.807, 2.05) is 0 Å². The molecule has 0 aromatic rings. The Balaban J connectivity index is 2.28. The number of rotatable bonds is 5. The van der Waals surface area contributed by atoms with Gasteiger partial charge in [0.15, 0.2) is 0 Å². The quantitative estimate of drug-likeness (QED) is 0.419. The van der Waals surface area contributed by atoms with Crippen molar-refractivity contribution in [2.45, 2.75) is 39.7 Å². The fraction of sp³-hybridized carbons (Fsp3) is 0.583. The summed E-state index contributed by atoms with van der Waals surface area (Å²) in [7, 11) is 0. The van der Waals surface area contributed by atoms with E-state index in [1.54, 1.807) is 27.7 Å². The Morgan fingerprint density at radius 1 is 1.32 bits per heavy atom. The molecule has 0 saturated carbocycles. The number of hydrogen-bond donors (Lipinski definition) is 0. The van der Waals surface area contributed by atoms with E-state index in [1.165, 1.54) is 6.08 Å². The minimum absolute atomic E-state index is 0.0524. The molecule has 19 heavy (non-hydrogen) atoms. The van der Waals surface area contributed by atoms with E-state index in [4.69, 9.17) is 4.89 Å². The number of nitrogens with zero attached hydrogens (tertiary/aromatic N) is 1. The SMILES string of the molecule is CC1=CC(=O)N(CCC(=O)OOOC(C)(C)C)C1=O. The summed E-state index contributed by atoms with van der Waals surface area (Å²) in [6, 6.07) is 0. The fourth-order valence-corrected chi connectivity index (χ4v) is 1.25. The number of amides is 2. The third-order valence-electron chi connectivity index (χ3n) is 2.14. The highest BCUT2D eigenvalue weighted by Crippen LogP contribution is 2.12. The van der Waals surface area contributed by atoms with Crippen molar-refractivity contribution in [2.75, 3.05) is 6.54 Å². The predicted molar refractivity (Wildman–Crippen MR) is 63.1 cm³/mol. The smallest absolute Gasteiger partial charge is 0.275 e. The van der Waals surface area contributed by atoms with Gasteiger partial charge in [-0.15, -0.1) is 0 Å². The van der Waals surface area contributed by atoms with Gasteiger partial charge < -0.3 is 0 Å². The molecule has 7 nitrogen and oxygen atoms in total. The summed E-state index contributed by atoms with van der Waals surface area (Å²) in [6.45, 7) is 6.65. The molecule has 0 fully saturated rings. The minimum atomic E-state index is -0.727. The Morgan fingerprint density at radius 3 is 2.42 bits per heavy atom. The first-order valence-corrected chi connectivity index (χ1v) is 5.80. The van der Waals surface area contributed by atoms with Gasteiger partial charge in [-0.2, -0.15) is 4.89 Å². The molecule has 1 aliphatic heterocycles. The second-order valence-corrected chi connectivity index (χ2v) is 5.09. The molecule has 0 unspecified atom stereocenters. The van der Waals surface area contributed by atoms with Crippen LogP contribution < -0.4 is 0 Å². The van der Waals surface area contributed by atoms with Crippen molar-refractivity contribution in [1.82, 2.24) is 4.90 Å². The van der Waals surface area contributed by atoms with Crippen LogP contribution in [0.5, 0.6) is 0 Å². The third kappa shape index (κ3) is 4.80. The highest BCUT2D eigenvalue weighted by atomic mass is 17.5. The lowest BCUT2D eigenvalue weighted by Gasteiger charge is -2.16. The second-order valence-electron chi connectivity index (χ2n) is 5.09. The van der Waals surface area contributed by atoms with Crippen molar-refractivity contribution in [1.29, 1.82) is 0 Å². The van der Waals surface area contributed by atoms with Crippen LogP contribution in [0.3, 0.4) is 0 Å². The van der Waals surface area contributed by atoms with Crippen LogP contribution in [0, 0.1) is 0 Å². The number of carbonyl (C=O) groups is 3. The molecule has 1 rings (SSSR count). The number of imide groups is 1. The van der Waals surface area contributed by atoms with Crippen LogP contribution in [0.4, 0.5) is 0 Å². The molecule has 0 bridgehead atoms. The van der Waals surface area contributed by atoms with Crippen molar-refractivity contribution in [2.24, 2.45) is 0 Å². The summed E-state index contributed by atoms with van der Waals surface area (Å²) in [6.07, 6.45) is 1.07. The van der Waals surface area contributed by atoms with Crippen LogP contribution in [0.15, 0.2) is 11.6 Å². The molecule has 0 radical (unpaired) electrons. The van der Waals surface area contributed by atoms with Gasteiger partial charge in [-0.3, -0.25) is 19.4 Å². The minimum Gasteiger partial charge on any atom is -0.275 e. The molecular formula is C12H17NO6. The lowest BCUT2D eigenvalue weighted by Crippen LogP contribution is -2.33. The Hall–Kier alpha value is -1.73. The maximum absolute atomic E-state index is 11.5. The third-order valence-corrected chi connectivity index (χ3v) is 2.14. The molecule has 0 aliphatic carbocycles. The van der Waals surface area contributed by atoms with Crippen LogP contribution in [-0.4, -0.2) is 34.8 Å². The first kappa shape index (κ1) is 15.3. The van der Waals surface area contributed by atoms with Crippen molar-refractivity contribution >= 4 is 17.8 Å². The highest BCUT2D eigenvalue weighted by molar-refractivity contribution is 6.15. The van der Waals surface area contributed by atoms with Gasteiger partial charge in [0.05, 0.1) is 12.0 Å². The first-order chi connectivity index (χ1) is 8.70. The predicted octanol–water partition coefficient (Wildman–Crippen LogP) is 0.896. The van der Waals surface area contributed by atoms with Gasteiger partial charge in [-0.1, -0.05) is 0 Å². The van der Waals surface area contributed by atoms with Gasteiger partial charge in [0.25, 0.3) is 11.8 Å². The van der Waals surface area contributed by atoms with Gasteiger partial charge in [-0.25, -0.2) is 4.79 Å². The normalized spacial score (nSPS) is 15.8. The molecule has 1 aliphatic rings. The lowest BCUT2D eigenvalue weighted by molar-refractivity contribution is -0.514. The standard InChI is InChI=1S/C12H17NO6/c1-8-7-9(14)13(11(8)16)6-5-10(15)17-19-18-12(2,3)4/h7H,5-6H2,1-4H3. The van der Waals surface area contributed by atoms with Crippen molar-refractivity contribution < 1.29 is 29.2 Å². The molecular weight excluding hydrogens is 254 g/mol. The van der Waals surface area contributed by atoms with E-state index < -0.39 is 23.4 Å². The molecule has 0 spiro atoms. The van der Waals surface area contributed by atoms with E-state index in [0.29, 0.717) is 5.57 Å². The topological polar surface area (TPSA) is 82.1 Å². The van der Waals surface area contributed by atoms with Crippen molar-refractivity contribution in [3.05, 3.63) is 11.6 Å². The summed E-state index contributed by atoms with van der Waals surface area (Å²) >= 11 is 0. The summed E-state index contributed by atoms with van der Waals surface area (Å²) in [5, 5.41) is 4.30. The van der Waals surface area contributed by atoms with Crippen molar-refractivity contribution in [3.8, 4) is 0 Å². The van der Waals surface area contributed by atoms with E-state index in [0.717, 1.165) is 4.90 Å². The largest absolute Gasteiger partial charge is 0.347 e. The van der Waals surface area contributed by atoms with Gasteiger partial charge >= 0.3 is 5.97 Å². The molecule has 7 heteroatoms. The van der Waals surface area contributed by atoms with Crippen LogP contribution in [0.25, 0.3) is 0 Å².